The van der Waals surface area contributed by atoms with E-state index in [1.807, 2.05) is 84.9 Å². The summed E-state index contributed by atoms with van der Waals surface area (Å²) in [5.74, 6) is -0.519. The lowest BCUT2D eigenvalue weighted by molar-refractivity contribution is -0.131. The number of benzene rings is 4. The highest BCUT2D eigenvalue weighted by molar-refractivity contribution is 6.24. The average Bonchev–Trinajstić information content (AvgIpc) is 3.07. The van der Waals surface area contributed by atoms with Gasteiger partial charge in [0.05, 0.1) is 0 Å². The van der Waals surface area contributed by atoms with Crippen LogP contribution >= 0.6 is 0 Å². The summed E-state index contributed by atoms with van der Waals surface area (Å²) in [5, 5.41) is 12.7. The number of hydrogen-bond acceptors (Lipinski definition) is 3. The van der Waals surface area contributed by atoms with Gasteiger partial charge in [-0.2, -0.15) is 0 Å². The van der Waals surface area contributed by atoms with Gasteiger partial charge in [0.2, 0.25) is 0 Å². The monoisotopic (exact) mass is 390 g/mol. The summed E-state index contributed by atoms with van der Waals surface area (Å²) in [6, 6.07) is 31.4. The quantitative estimate of drug-likeness (QED) is 0.413. The first-order valence-corrected chi connectivity index (χ1v) is 9.72. The molecule has 3 heteroatoms. The van der Waals surface area contributed by atoms with E-state index < -0.39 is 5.97 Å². The minimum absolute atomic E-state index is 0.136. The Balaban J connectivity index is 1.52. The first kappa shape index (κ1) is 18.0. The Labute approximate surface area is 174 Å². The molecule has 4 aromatic carbocycles. The molecular weight excluding hydrogens is 372 g/mol. The van der Waals surface area contributed by atoms with E-state index in [-0.39, 0.29) is 17.1 Å². The van der Waals surface area contributed by atoms with E-state index in [1.54, 1.807) is 6.08 Å². The lowest BCUT2D eigenvalue weighted by Crippen LogP contribution is -1.99. The molecule has 0 saturated heterocycles. The van der Waals surface area contributed by atoms with Crippen LogP contribution in [0.4, 0.5) is 0 Å². The zero-order valence-electron chi connectivity index (χ0n) is 16.1. The Morgan fingerprint density at radius 1 is 0.700 bits per heavy atom. The molecule has 0 amide bonds. The van der Waals surface area contributed by atoms with E-state index in [0.717, 1.165) is 27.5 Å². The fourth-order valence-corrected chi connectivity index (χ4v) is 3.75. The van der Waals surface area contributed by atoms with Crippen molar-refractivity contribution >= 4 is 28.4 Å². The molecule has 0 fully saturated rings. The van der Waals surface area contributed by atoms with Crippen LogP contribution in [0.25, 0.3) is 33.5 Å². The third-order valence-electron chi connectivity index (χ3n) is 5.25. The minimum atomic E-state index is -0.545. The Bertz CT molecular complexity index is 1310. The highest BCUT2D eigenvalue weighted by Gasteiger charge is 2.32. The largest absolute Gasteiger partial charge is 0.504 e. The molecule has 0 saturated carbocycles. The second-order valence-corrected chi connectivity index (χ2v) is 7.14. The third kappa shape index (κ3) is 3.16. The number of aliphatic hydroxyl groups excluding tert-OH is 1. The number of esters is 1. The van der Waals surface area contributed by atoms with Crippen molar-refractivity contribution in [2.45, 2.75) is 0 Å². The lowest BCUT2D eigenvalue weighted by Gasteiger charge is -2.05. The van der Waals surface area contributed by atoms with E-state index in [1.165, 1.54) is 0 Å². The molecule has 0 atom stereocenters. The highest BCUT2D eigenvalue weighted by Crippen LogP contribution is 2.36. The number of aliphatic hydroxyl groups is 1. The second kappa shape index (κ2) is 7.37. The molecule has 0 aromatic heterocycles. The Hall–Kier alpha value is -4.11. The molecule has 0 unspecified atom stereocenters. The smallest absolute Gasteiger partial charge is 0.348 e. The van der Waals surface area contributed by atoms with E-state index >= 15 is 0 Å². The fourth-order valence-electron chi connectivity index (χ4n) is 3.75. The molecule has 1 aliphatic heterocycles. The van der Waals surface area contributed by atoms with Crippen LogP contribution in [0.15, 0.2) is 109 Å². The molecule has 0 spiro atoms. The van der Waals surface area contributed by atoms with Crippen LogP contribution in [-0.4, -0.2) is 11.1 Å². The topological polar surface area (TPSA) is 46.5 Å². The van der Waals surface area contributed by atoms with Crippen LogP contribution in [-0.2, 0) is 9.53 Å². The summed E-state index contributed by atoms with van der Waals surface area (Å²) in [5.41, 5.74) is 3.92. The van der Waals surface area contributed by atoms with Crippen molar-refractivity contribution in [2.75, 3.05) is 0 Å². The number of fused-ring (bicyclic) bond motifs is 1. The maximum Gasteiger partial charge on any atom is 0.348 e. The van der Waals surface area contributed by atoms with Gasteiger partial charge in [-0.3, -0.25) is 0 Å². The van der Waals surface area contributed by atoms with Crippen molar-refractivity contribution in [1.29, 1.82) is 0 Å². The van der Waals surface area contributed by atoms with Gasteiger partial charge in [0, 0.05) is 5.56 Å². The van der Waals surface area contributed by atoms with Gasteiger partial charge in [0.1, 0.15) is 5.57 Å². The third-order valence-corrected chi connectivity index (χ3v) is 5.25. The molecule has 144 valence electrons. The normalized spacial score (nSPS) is 15.1. The number of carbonyl (C=O) groups is 1. The number of ether oxygens (including phenoxy) is 1. The zero-order chi connectivity index (χ0) is 20.5. The van der Waals surface area contributed by atoms with Gasteiger partial charge in [-0.05, 0) is 33.5 Å². The maximum absolute atomic E-state index is 12.6. The lowest BCUT2D eigenvalue weighted by atomic mass is 9.97. The van der Waals surface area contributed by atoms with Crippen molar-refractivity contribution in [2.24, 2.45) is 0 Å². The Morgan fingerprint density at radius 3 is 2.17 bits per heavy atom. The van der Waals surface area contributed by atoms with Crippen LogP contribution in [0.5, 0.6) is 0 Å². The summed E-state index contributed by atoms with van der Waals surface area (Å²) < 4.78 is 5.41. The predicted molar refractivity (Wildman–Crippen MR) is 119 cm³/mol. The van der Waals surface area contributed by atoms with Crippen LogP contribution in [0.1, 0.15) is 11.1 Å². The molecule has 1 N–H and O–H groups in total. The van der Waals surface area contributed by atoms with Crippen molar-refractivity contribution in [1.82, 2.24) is 0 Å². The molecular formula is C27H18O3. The average molecular weight is 390 g/mol. The summed E-state index contributed by atoms with van der Waals surface area (Å²) in [6.07, 6.45) is 1.68. The summed E-state index contributed by atoms with van der Waals surface area (Å²) in [7, 11) is 0. The van der Waals surface area contributed by atoms with Crippen LogP contribution in [0.3, 0.4) is 0 Å². The molecule has 1 heterocycles. The SMILES string of the molecule is O=C1O/C(=C\c2ccc(-c3ccccc3)cc2)C(O)=C1c1cccc2ccccc12. The first-order chi connectivity index (χ1) is 14.7. The number of carbonyl (C=O) groups excluding carboxylic acids is 1. The standard InChI is InChI=1S/C27H18O3/c28-26-24(17-18-13-15-20(16-14-18)19-7-2-1-3-8-19)30-27(29)25(26)23-12-6-10-21-9-4-5-11-22(21)23/h1-17,28H/b24-17-. The van der Waals surface area contributed by atoms with E-state index in [0.29, 0.717) is 5.56 Å². The zero-order valence-corrected chi connectivity index (χ0v) is 16.1. The minimum Gasteiger partial charge on any atom is -0.504 e. The van der Waals surface area contributed by atoms with Crippen LogP contribution < -0.4 is 0 Å². The molecule has 0 radical (unpaired) electrons. The molecule has 30 heavy (non-hydrogen) atoms. The van der Waals surface area contributed by atoms with Gasteiger partial charge in [0.15, 0.2) is 11.5 Å². The van der Waals surface area contributed by atoms with E-state index in [4.69, 9.17) is 4.74 Å². The van der Waals surface area contributed by atoms with Gasteiger partial charge in [-0.25, -0.2) is 4.79 Å². The fraction of sp³-hybridized carbons (Fsp3) is 0. The molecule has 3 nitrogen and oxygen atoms in total. The van der Waals surface area contributed by atoms with Gasteiger partial charge in [0.25, 0.3) is 0 Å². The van der Waals surface area contributed by atoms with Gasteiger partial charge in [-0.1, -0.05) is 97.1 Å². The van der Waals surface area contributed by atoms with Crippen molar-refractivity contribution in [3.05, 3.63) is 120 Å². The number of cyclic esters (lactones) is 1. The predicted octanol–water partition coefficient (Wildman–Crippen LogP) is 6.37. The maximum atomic E-state index is 12.6. The second-order valence-electron chi connectivity index (χ2n) is 7.14. The summed E-state index contributed by atoms with van der Waals surface area (Å²) in [4.78, 5) is 12.6. The molecule has 5 rings (SSSR count). The van der Waals surface area contributed by atoms with Crippen molar-refractivity contribution in [3.63, 3.8) is 0 Å². The first-order valence-electron chi connectivity index (χ1n) is 9.72. The van der Waals surface area contributed by atoms with E-state index in [2.05, 4.69) is 12.1 Å². The van der Waals surface area contributed by atoms with E-state index in [9.17, 15) is 9.90 Å². The highest BCUT2D eigenvalue weighted by atomic mass is 16.6. The summed E-state index contributed by atoms with van der Waals surface area (Å²) in [6.45, 7) is 0. The molecule has 0 bridgehead atoms. The van der Waals surface area contributed by atoms with Gasteiger partial charge in [-0.15, -0.1) is 0 Å². The van der Waals surface area contributed by atoms with Gasteiger partial charge < -0.3 is 9.84 Å². The number of rotatable bonds is 3. The van der Waals surface area contributed by atoms with Crippen molar-refractivity contribution < 1.29 is 14.6 Å². The van der Waals surface area contributed by atoms with Gasteiger partial charge >= 0.3 is 5.97 Å². The summed E-state index contributed by atoms with van der Waals surface area (Å²) >= 11 is 0. The molecule has 0 aliphatic carbocycles. The van der Waals surface area contributed by atoms with Crippen LogP contribution in [0, 0.1) is 0 Å². The van der Waals surface area contributed by atoms with Crippen LogP contribution in [0.2, 0.25) is 0 Å². The number of hydrogen-bond donors (Lipinski definition) is 1. The molecule has 1 aliphatic rings. The Kier molecular flexibility index (Phi) is 4.41. The molecule has 4 aromatic rings. The van der Waals surface area contributed by atoms with Crippen molar-refractivity contribution in [3.8, 4) is 11.1 Å². The Morgan fingerprint density at radius 2 is 1.37 bits per heavy atom.